The molecule has 0 radical (unpaired) electrons. The van der Waals surface area contributed by atoms with Crippen molar-refractivity contribution >= 4 is 23.2 Å². The number of hydrogen-bond donors (Lipinski definition) is 2. The molecule has 0 saturated carbocycles. The largest absolute Gasteiger partial charge is 0.372 e. The molecule has 1 fully saturated rings. The lowest BCUT2D eigenvalue weighted by Crippen LogP contribution is -2.29. The minimum Gasteiger partial charge on any atom is -0.372 e. The van der Waals surface area contributed by atoms with E-state index in [1.54, 1.807) is 12.4 Å². The summed E-state index contributed by atoms with van der Waals surface area (Å²) in [6.07, 6.45) is 6.92. The molecule has 3 rings (SSSR count). The van der Waals surface area contributed by atoms with Gasteiger partial charge in [0.05, 0.1) is 0 Å². The summed E-state index contributed by atoms with van der Waals surface area (Å²) in [4.78, 5) is 30.3. The fourth-order valence-corrected chi connectivity index (χ4v) is 3.02. The first-order chi connectivity index (χ1) is 12.7. The molecule has 1 aliphatic heterocycles. The van der Waals surface area contributed by atoms with Crippen LogP contribution in [0.25, 0.3) is 0 Å². The normalized spacial score (nSPS) is 13.9. The van der Waals surface area contributed by atoms with E-state index in [9.17, 15) is 9.59 Å². The van der Waals surface area contributed by atoms with Crippen molar-refractivity contribution in [2.45, 2.75) is 32.2 Å². The lowest BCUT2D eigenvalue weighted by molar-refractivity contribution is -0.126. The zero-order valence-electron chi connectivity index (χ0n) is 14.8. The van der Waals surface area contributed by atoms with Gasteiger partial charge in [0.1, 0.15) is 6.42 Å². The molecule has 1 aromatic carbocycles. The number of nitrogens with zero attached hydrogens (tertiary/aromatic N) is 2. The highest BCUT2D eigenvalue weighted by Gasteiger charge is 2.12. The average molecular weight is 352 g/mol. The molecule has 6 nitrogen and oxygen atoms in total. The van der Waals surface area contributed by atoms with Crippen LogP contribution in [0.2, 0.25) is 0 Å². The van der Waals surface area contributed by atoms with Crippen LogP contribution in [0.5, 0.6) is 0 Å². The van der Waals surface area contributed by atoms with Gasteiger partial charge in [0.2, 0.25) is 11.8 Å². The fraction of sp³-hybridized carbons (Fsp3) is 0.350. The number of nitrogens with one attached hydrogen (secondary N) is 2. The molecule has 2 amide bonds. The summed E-state index contributed by atoms with van der Waals surface area (Å²) in [7, 11) is 0. The third kappa shape index (κ3) is 5.31. The molecule has 2 N–H and O–H groups in total. The molecule has 1 saturated heterocycles. The lowest BCUT2D eigenvalue weighted by Gasteiger charge is -2.28. The molecule has 136 valence electrons. The minimum atomic E-state index is -0.320. The van der Waals surface area contributed by atoms with Gasteiger partial charge in [0, 0.05) is 43.4 Å². The Morgan fingerprint density at radius 3 is 2.46 bits per heavy atom. The molecule has 1 aromatic heterocycles. The van der Waals surface area contributed by atoms with Gasteiger partial charge in [-0.1, -0.05) is 6.07 Å². The van der Waals surface area contributed by atoms with E-state index in [-0.39, 0.29) is 18.2 Å². The van der Waals surface area contributed by atoms with Crippen LogP contribution in [0.1, 0.15) is 31.2 Å². The van der Waals surface area contributed by atoms with Crippen molar-refractivity contribution in [2.24, 2.45) is 0 Å². The monoisotopic (exact) mass is 352 g/mol. The molecule has 0 atom stereocenters. The zero-order chi connectivity index (χ0) is 18.2. The summed E-state index contributed by atoms with van der Waals surface area (Å²) in [5.41, 5.74) is 2.78. The van der Waals surface area contributed by atoms with E-state index < -0.39 is 0 Å². The van der Waals surface area contributed by atoms with Gasteiger partial charge in [0.25, 0.3) is 0 Å². The van der Waals surface area contributed by atoms with Crippen molar-refractivity contribution in [3.63, 3.8) is 0 Å². The molecule has 26 heavy (non-hydrogen) atoms. The number of pyridine rings is 1. The minimum absolute atomic E-state index is 0.200. The van der Waals surface area contributed by atoms with Gasteiger partial charge in [0.15, 0.2) is 0 Å². The standard InChI is InChI=1S/C20H24N4O2/c25-19(22-15-16-5-4-10-21-14-16)13-20(26)23-17-6-8-18(9-7-17)24-11-2-1-3-12-24/h4-10,14H,1-3,11-13,15H2,(H,22,25)(H,23,26). The molecule has 1 aliphatic rings. The maximum atomic E-state index is 12.0. The van der Waals surface area contributed by atoms with Crippen LogP contribution in [0.4, 0.5) is 11.4 Å². The molecular weight excluding hydrogens is 328 g/mol. The second kappa shape index (κ2) is 8.99. The molecule has 2 aromatic rings. The molecule has 0 bridgehead atoms. The molecule has 2 heterocycles. The topological polar surface area (TPSA) is 74.3 Å². The van der Waals surface area contributed by atoms with Crippen molar-refractivity contribution < 1.29 is 9.59 Å². The van der Waals surface area contributed by atoms with Crippen LogP contribution in [-0.4, -0.2) is 29.9 Å². The summed E-state index contributed by atoms with van der Waals surface area (Å²) in [6, 6.07) is 11.5. The first-order valence-electron chi connectivity index (χ1n) is 9.01. The van der Waals surface area contributed by atoms with Crippen LogP contribution >= 0.6 is 0 Å². The van der Waals surface area contributed by atoms with Gasteiger partial charge in [-0.3, -0.25) is 14.6 Å². The Balaban J connectivity index is 1.44. The lowest BCUT2D eigenvalue weighted by atomic mass is 10.1. The molecule has 0 aliphatic carbocycles. The van der Waals surface area contributed by atoms with E-state index in [0.29, 0.717) is 12.2 Å². The Kier molecular flexibility index (Phi) is 6.19. The van der Waals surface area contributed by atoms with Crippen LogP contribution in [0, 0.1) is 0 Å². The third-order valence-electron chi connectivity index (χ3n) is 4.41. The number of carbonyl (C=O) groups excluding carboxylic acids is 2. The molecule has 0 unspecified atom stereocenters. The second-order valence-corrected chi connectivity index (χ2v) is 6.46. The van der Waals surface area contributed by atoms with Crippen molar-refractivity contribution in [3.8, 4) is 0 Å². The van der Waals surface area contributed by atoms with Gasteiger partial charge in [-0.15, -0.1) is 0 Å². The van der Waals surface area contributed by atoms with Gasteiger partial charge in [-0.05, 0) is 55.2 Å². The highest BCUT2D eigenvalue weighted by Crippen LogP contribution is 2.21. The van der Waals surface area contributed by atoms with E-state index in [1.807, 2.05) is 36.4 Å². The van der Waals surface area contributed by atoms with Crippen molar-refractivity contribution in [1.82, 2.24) is 10.3 Å². The molecule has 0 spiro atoms. The Morgan fingerprint density at radius 1 is 1.00 bits per heavy atom. The van der Waals surface area contributed by atoms with Crippen molar-refractivity contribution in [2.75, 3.05) is 23.3 Å². The van der Waals surface area contributed by atoms with Crippen LogP contribution in [0.15, 0.2) is 48.8 Å². The summed E-state index contributed by atoms with van der Waals surface area (Å²) < 4.78 is 0. The number of hydrogen-bond acceptors (Lipinski definition) is 4. The smallest absolute Gasteiger partial charge is 0.233 e. The van der Waals surface area contributed by atoms with Crippen LogP contribution in [0.3, 0.4) is 0 Å². The van der Waals surface area contributed by atoms with Crippen LogP contribution < -0.4 is 15.5 Å². The fourth-order valence-electron chi connectivity index (χ4n) is 3.02. The Morgan fingerprint density at radius 2 is 1.77 bits per heavy atom. The summed E-state index contributed by atoms with van der Waals surface area (Å²) in [5.74, 6) is -0.629. The maximum Gasteiger partial charge on any atom is 0.233 e. The number of aromatic nitrogens is 1. The zero-order valence-corrected chi connectivity index (χ0v) is 14.8. The highest BCUT2D eigenvalue weighted by atomic mass is 16.2. The summed E-state index contributed by atoms with van der Waals surface area (Å²) in [6.45, 7) is 2.54. The predicted molar refractivity (Wildman–Crippen MR) is 102 cm³/mol. The summed E-state index contributed by atoms with van der Waals surface area (Å²) >= 11 is 0. The van der Waals surface area contributed by atoms with Crippen LogP contribution in [-0.2, 0) is 16.1 Å². The van der Waals surface area contributed by atoms with Gasteiger partial charge < -0.3 is 15.5 Å². The number of carbonyl (C=O) groups is 2. The number of piperidine rings is 1. The average Bonchev–Trinajstić information content (AvgIpc) is 2.68. The predicted octanol–water partition coefficient (Wildman–Crippen LogP) is 2.72. The van der Waals surface area contributed by atoms with E-state index in [4.69, 9.17) is 0 Å². The number of anilines is 2. The van der Waals surface area contributed by atoms with Crippen molar-refractivity contribution in [1.29, 1.82) is 0 Å². The quantitative estimate of drug-likeness (QED) is 0.784. The Labute approximate surface area is 153 Å². The van der Waals surface area contributed by atoms with Gasteiger partial charge in [-0.2, -0.15) is 0 Å². The number of benzene rings is 1. The molecule has 6 heteroatoms. The highest BCUT2D eigenvalue weighted by molar-refractivity contribution is 6.03. The summed E-state index contributed by atoms with van der Waals surface area (Å²) in [5, 5.41) is 5.49. The maximum absolute atomic E-state index is 12.0. The van der Waals surface area contributed by atoms with E-state index >= 15 is 0 Å². The van der Waals surface area contributed by atoms with E-state index in [2.05, 4.69) is 20.5 Å². The van der Waals surface area contributed by atoms with E-state index in [0.717, 1.165) is 18.7 Å². The SMILES string of the molecule is O=C(CC(=O)Nc1ccc(N2CCCCC2)cc1)NCc1cccnc1. The van der Waals surface area contributed by atoms with Gasteiger partial charge in [-0.25, -0.2) is 0 Å². The van der Waals surface area contributed by atoms with Crippen molar-refractivity contribution in [3.05, 3.63) is 54.4 Å². The number of amides is 2. The van der Waals surface area contributed by atoms with Gasteiger partial charge >= 0.3 is 0 Å². The number of rotatable bonds is 6. The third-order valence-corrected chi connectivity index (χ3v) is 4.41. The first-order valence-corrected chi connectivity index (χ1v) is 9.01. The Hall–Kier alpha value is -2.89. The molecular formula is C20H24N4O2. The first kappa shape index (κ1) is 17.9. The Bertz CT molecular complexity index is 725. The van der Waals surface area contributed by atoms with E-state index in [1.165, 1.54) is 24.9 Å². The second-order valence-electron chi connectivity index (χ2n) is 6.46.